The van der Waals surface area contributed by atoms with Crippen molar-refractivity contribution in [3.63, 3.8) is 0 Å². The summed E-state index contributed by atoms with van der Waals surface area (Å²) in [4.78, 5) is 0. The van der Waals surface area contributed by atoms with E-state index in [0.717, 1.165) is 10.9 Å². The van der Waals surface area contributed by atoms with Gasteiger partial charge in [-0.25, -0.2) is 4.39 Å². The van der Waals surface area contributed by atoms with Gasteiger partial charge in [0.05, 0.1) is 17.1 Å². The molecule has 0 saturated carbocycles. The molecule has 90 valence electrons. The van der Waals surface area contributed by atoms with Gasteiger partial charge in [0.2, 0.25) is 0 Å². The molecule has 2 nitrogen and oxygen atoms in total. The Balaban J connectivity index is 1.99. The van der Waals surface area contributed by atoms with E-state index in [0.29, 0.717) is 12.1 Å². The monoisotopic (exact) mass is 260 g/mol. The van der Waals surface area contributed by atoms with Crippen LogP contribution in [-0.4, -0.2) is 9.78 Å². The fraction of sp³-hybridized carbons (Fsp3) is 0.0714. The third-order valence-corrected chi connectivity index (χ3v) is 3.07. The van der Waals surface area contributed by atoms with Crippen LogP contribution < -0.4 is 0 Å². The lowest BCUT2D eigenvalue weighted by atomic mass is 10.2. The first-order chi connectivity index (χ1) is 8.72. The van der Waals surface area contributed by atoms with Crippen molar-refractivity contribution in [3.8, 4) is 0 Å². The highest BCUT2D eigenvalue weighted by molar-refractivity contribution is 6.31. The van der Waals surface area contributed by atoms with Crippen molar-refractivity contribution in [1.82, 2.24) is 9.78 Å². The van der Waals surface area contributed by atoms with Crippen molar-refractivity contribution < 1.29 is 4.39 Å². The molecule has 0 fully saturated rings. The molecule has 0 bridgehead atoms. The van der Waals surface area contributed by atoms with Crippen molar-refractivity contribution in [2.45, 2.75) is 6.54 Å². The second-order valence-corrected chi connectivity index (χ2v) is 4.54. The van der Waals surface area contributed by atoms with Gasteiger partial charge in [-0.15, -0.1) is 0 Å². The Labute approximate surface area is 109 Å². The first-order valence-electron chi connectivity index (χ1n) is 5.58. The number of benzene rings is 2. The molecule has 2 aromatic carbocycles. The minimum atomic E-state index is -0.413. The molecule has 0 spiro atoms. The molecule has 1 heterocycles. The third kappa shape index (κ3) is 2.09. The van der Waals surface area contributed by atoms with E-state index >= 15 is 0 Å². The zero-order valence-electron chi connectivity index (χ0n) is 9.48. The molecule has 0 aliphatic rings. The van der Waals surface area contributed by atoms with E-state index in [9.17, 15) is 4.39 Å². The van der Waals surface area contributed by atoms with Crippen LogP contribution in [0.4, 0.5) is 4.39 Å². The summed E-state index contributed by atoms with van der Waals surface area (Å²) in [6.07, 6.45) is 1.82. The highest BCUT2D eigenvalue weighted by Gasteiger charge is 2.06. The van der Waals surface area contributed by atoms with E-state index in [2.05, 4.69) is 5.10 Å². The molecule has 18 heavy (non-hydrogen) atoms. The largest absolute Gasteiger partial charge is 0.267 e. The number of halogens is 2. The molecule has 3 aromatic rings. The van der Waals surface area contributed by atoms with Gasteiger partial charge < -0.3 is 0 Å². The zero-order valence-corrected chi connectivity index (χ0v) is 10.2. The number of hydrogen-bond donors (Lipinski definition) is 0. The highest BCUT2D eigenvalue weighted by atomic mass is 35.5. The molecular formula is C14H10ClFN2. The number of fused-ring (bicyclic) bond motifs is 1. The Kier molecular flexibility index (Phi) is 2.76. The topological polar surface area (TPSA) is 17.8 Å². The first-order valence-corrected chi connectivity index (χ1v) is 5.96. The van der Waals surface area contributed by atoms with Crippen molar-refractivity contribution in [1.29, 1.82) is 0 Å². The van der Waals surface area contributed by atoms with Gasteiger partial charge in [0, 0.05) is 11.6 Å². The Morgan fingerprint density at radius 1 is 1.17 bits per heavy atom. The number of hydrogen-bond acceptors (Lipinski definition) is 1. The molecule has 0 aliphatic heterocycles. The molecule has 0 radical (unpaired) electrons. The summed E-state index contributed by atoms with van der Waals surface area (Å²) in [6.45, 7) is 0.661. The van der Waals surface area contributed by atoms with Crippen molar-refractivity contribution in [2.24, 2.45) is 0 Å². The number of rotatable bonds is 2. The second kappa shape index (κ2) is 4.42. The summed E-state index contributed by atoms with van der Waals surface area (Å²) in [5, 5.41) is 5.24. The maximum atomic E-state index is 13.3. The van der Waals surface area contributed by atoms with Crippen LogP contribution in [-0.2, 0) is 6.54 Å². The maximum absolute atomic E-state index is 13.3. The third-order valence-electron chi connectivity index (χ3n) is 2.78. The summed E-state index contributed by atoms with van der Waals surface area (Å²) < 4.78 is 15.1. The molecule has 0 aliphatic carbocycles. The average Bonchev–Trinajstić information content (AvgIpc) is 2.72. The van der Waals surface area contributed by atoms with Crippen LogP contribution in [0.25, 0.3) is 10.9 Å². The fourth-order valence-electron chi connectivity index (χ4n) is 1.92. The predicted molar refractivity (Wildman–Crippen MR) is 70.2 cm³/mol. The molecule has 0 N–H and O–H groups in total. The van der Waals surface area contributed by atoms with E-state index in [-0.39, 0.29) is 5.02 Å². The summed E-state index contributed by atoms with van der Waals surface area (Å²) in [5.41, 5.74) is 1.86. The van der Waals surface area contributed by atoms with Gasteiger partial charge >= 0.3 is 0 Å². The van der Waals surface area contributed by atoms with E-state index in [1.165, 1.54) is 6.07 Å². The molecule has 0 amide bonds. The standard InChI is InChI=1S/C14H10ClFN2/c15-12-7-14-11(6-13(12)16)9-18(17-14)8-10-4-2-1-3-5-10/h1-7,9H,8H2. The summed E-state index contributed by atoms with van der Waals surface area (Å²) in [7, 11) is 0. The van der Waals surface area contributed by atoms with Crippen LogP contribution in [0.3, 0.4) is 0 Å². The fourth-order valence-corrected chi connectivity index (χ4v) is 2.08. The van der Waals surface area contributed by atoms with Crippen LogP contribution in [0.2, 0.25) is 5.02 Å². The Hall–Kier alpha value is -1.87. The van der Waals surface area contributed by atoms with Gasteiger partial charge in [0.15, 0.2) is 0 Å². The summed E-state index contributed by atoms with van der Waals surface area (Å²) in [5.74, 6) is -0.413. The number of nitrogens with zero attached hydrogens (tertiary/aromatic N) is 2. The van der Waals surface area contributed by atoms with E-state index in [4.69, 9.17) is 11.6 Å². The lowest BCUT2D eigenvalue weighted by Crippen LogP contribution is -1.99. The van der Waals surface area contributed by atoms with Gasteiger partial charge in [0.1, 0.15) is 5.82 Å². The lowest BCUT2D eigenvalue weighted by molar-refractivity contribution is 0.630. The number of aromatic nitrogens is 2. The molecule has 0 unspecified atom stereocenters. The Morgan fingerprint density at radius 3 is 2.72 bits per heavy atom. The minimum absolute atomic E-state index is 0.104. The van der Waals surface area contributed by atoms with E-state index in [1.807, 2.05) is 36.5 Å². The quantitative estimate of drug-likeness (QED) is 0.684. The van der Waals surface area contributed by atoms with Gasteiger partial charge in [-0.1, -0.05) is 41.9 Å². The van der Waals surface area contributed by atoms with Crippen molar-refractivity contribution in [2.75, 3.05) is 0 Å². The van der Waals surface area contributed by atoms with Crippen LogP contribution in [0.15, 0.2) is 48.7 Å². The zero-order chi connectivity index (χ0) is 12.5. The summed E-state index contributed by atoms with van der Waals surface area (Å²) in [6, 6.07) is 12.9. The molecule has 3 rings (SSSR count). The van der Waals surface area contributed by atoms with Crippen LogP contribution in [0.1, 0.15) is 5.56 Å². The van der Waals surface area contributed by atoms with Gasteiger partial charge in [-0.2, -0.15) is 5.10 Å². The van der Waals surface area contributed by atoms with Gasteiger partial charge in [0.25, 0.3) is 0 Å². The van der Waals surface area contributed by atoms with Crippen LogP contribution in [0.5, 0.6) is 0 Å². The molecule has 4 heteroatoms. The molecular weight excluding hydrogens is 251 g/mol. The average molecular weight is 261 g/mol. The first kappa shape index (κ1) is 11.2. The highest BCUT2D eigenvalue weighted by Crippen LogP contribution is 2.22. The Bertz CT molecular complexity index is 653. The molecule has 0 saturated heterocycles. The smallest absolute Gasteiger partial charge is 0.142 e. The van der Waals surface area contributed by atoms with Gasteiger partial charge in [-0.05, 0) is 17.7 Å². The lowest BCUT2D eigenvalue weighted by Gasteiger charge is -2.00. The van der Waals surface area contributed by atoms with Crippen LogP contribution in [0, 0.1) is 5.82 Å². The molecule has 1 aromatic heterocycles. The Morgan fingerprint density at radius 2 is 1.94 bits per heavy atom. The second-order valence-electron chi connectivity index (χ2n) is 4.14. The predicted octanol–water partition coefficient (Wildman–Crippen LogP) is 3.88. The van der Waals surface area contributed by atoms with Crippen molar-refractivity contribution in [3.05, 3.63) is 65.1 Å². The van der Waals surface area contributed by atoms with E-state index in [1.54, 1.807) is 10.7 Å². The normalized spacial score (nSPS) is 11.0. The maximum Gasteiger partial charge on any atom is 0.142 e. The van der Waals surface area contributed by atoms with E-state index < -0.39 is 5.82 Å². The van der Waals surface area contributed by atoms with Crippen LogP contribution >= 0.6 is 11.6 Å². The van der Waals surface area contributed by atoms with Gasteiger partial charge in [-0.3, -0.25) is 4.68 Å². The van der Waals surface area contributed by atoms with Crippen molar-refractivity contribution >= 4 is 22.5 Å². The minimum Gasteiger partial charge on any atom is -0.267 e. The summed E-state index contributed by atoms with van der Waals surface area (Å²) >= 11 is 5.73. The SMILES string of the molecule is Fc1cc2cn(Cc3ccccc3)nc2cc1Cl. The molecule has 0 atom stereocenters.